The Balaban J connectivity index is 1.69. The molecule has 0 unspecified atom stereocenters. The van der Waals surface area contributed by atoms with E-state index in [0.29, 0.717) is 22.8 Å². The van der Waals surface area contributed by atoms with Gasteiger partial charge < -0.3 is 4.57 Å². The van der Waals surface area contributed by atoms with Crippen molar-refractivity contribution in [3.05, 3.63) is 48.3 Å². The third-order valence-corrected chi connectivity index (χ3v) is 5.38. The molecule has 5 rings (SSSR count). The van der Waals surface area contributed by atoms with Crippen LogP contribution in [0.4, 0.5) is 5.69 Å². The van der Waals surface area contributed by atoms with E-state index in [1.54, 1.807) is 24.5 Å². The van der Waals surface area contributed by atoms with Crippen LogP contribution in [0, 0.1) is 11.3 Å². The third-order valence-electron chi connectivity index (χ3n) is 4.78. The first-order valence-electron chi connectivity index (χ1n) is 8.80. The SMILES string of the molecule is CS(=O)(=O)Nc1ccc2c(c1)ncn2-c1nc2ccc(C#N)cc2n1C1CC1. The highest BCUT2D eigenvalue weighted by molar-refractivity contribution is 7.92. The first-order chi connectivity index (χ1) is 13.4. The van der Waals surface area contributed by atoms with Crippen molar-refractivity contribution in [3.63, 3.8) is 0 Å². The van der Waals surface area contributed by atoms with Crippen LogP contribution in [0.1, 0.15) is 24.4 Å². The van der Waals surface area contributed by atoms with E-state index >= 15 is 0 Å². The van der Waals surface area contributed by atoms with E-state index in [2.05, 4.69) is 20.3 Å². The number of benzene rings is 2. The number of hydrogen-bond donors (Lipinski definition) is 1. The average molecular weight is 392 g/mol. The Morgan fingerprint density at radius 2 is 1.96 bits per heavy atom. The fraction of sp³-hybridized carbons (Fsp3) is 0.211. The molecule has 0 bridgehead atoms. The summed E-state index contributed by atoms with van der Waals surface area (Å²) in [6.07, 6.45) is 4.96. The number of anilines is 1. The normalized spacial score (nSPS) is 14.4. The van der Waals surface area contributed by atoms with Crippen molar-refractivity contribution < 1.29 is 8.42 Å². The molecule has 2 heterocycles. The second kappa shape index (κ2) is 5.81. The summed E-state index contributed by atoms with van der Waals surface area (Å²) in [4.78, 5) is 9.22. The van der Waals surface area contributed by atoms with Gasteiger partial charge in [-0.2, -0.15) is 5.26 Å². The molecule has 0 amide bonds. The lowest BCUT2D eigenvalue weighted by atomic mass is 10.2. The maximum absolute atomic E-state index is 11.5. The lowest BCUT2D eigenvalue weighted by molar-refractivity contribution is 0.607. The summed E-state index contributed by atoms with van der Waals surface area (Å²) in [6, 6.07) is 13.3. The largest absolute Gasteiger partial charge is 0.306 e. The highest BCUT2D eigenvalue weighted by atomic mass is 32.2. The molecule has 2 aromatic carbocycles. The van der Waals surface area contributed by atoms with E-state index in [0.717, 1.165) is 41.6 Å². The zero-order chi connectivity index (χ0) is 19.5. The molecule has 0 aliphatic heterocycles. The van der Waals surface area contributed by atoms with Gasteiger partial charge in [0, 0.05) is 6.04 Å². The monoisotopic (exact) mass is 392 g/mol. The molecule has 0 saturated heterocycles. The van der Waals surface area contributed by atoms with Crippen LogP contribution >= 0.6 is 0 Å². The highest BCUT2D eigenvalue weighted by Gasteiger charge is 2.29. The van der Waals surface area contributed by atoms with Crippen molar-refractivity contribution in [2.24, 2.45) is 0 Å². The number of nitriles is 1. The van der Waals surface area contributed by atoms with Crippen LogP contribution in [0.15, 0.2) is 42.7 Å². The van der Waals surface area contributed by atoms with Gasteiger partial charge >= 0.3 is 0 Å². The van der Waals surface area contributed by atoms with E-state index in [4.69, 9.17) is 4.98 Å². The van der Waals surface area contributed by atoms with Gasteiger partial charge in [-0.1, -0.05) is 0 Å². The molecule has 1 fully saturated rings. The molecule has 9 heteroatoms. The predicted octanol–water partition coefficient (Wildman–Crippen LogP) is 2.95. The van der Waals surface area contributed by atoms with Gasteiger partial charge in [-0.15, -0.1) is 0 Å². The Morgan fingerprint density at radius 1 is 1.14 bits per heavy atom. The van der Waals surface area contributed by atoms with Gasteiger partial charge in [-0.05, 0) is 49.2 Å². The lowest BCUT2D eigenvalue weighted by Crippen LogP contribution is -2.09. The second-order valence-corrected chi connectivity index (χ2v) is 8.77. The maximum atomic E-state index is 11.5. The molecule has 140 valence electrons. The van der Waals surface area contributed by atoms with Crippen LogP contribution in [0.2, 0.25) is 0 Å². The van der Waals surface area contributed by atoms with Crippen molar-refractivity contribution in [2.75, 3.05) is 11.0 Å². The van der Waals surface area contributed by atoms with Crippen LogP contribution in [-0.2, 0) is 10.0 Å². The van der Waals surface area contributed by atoms with Crippen molar-refractivity contribution >= 4 is 37.8 Å². The Labute approximate surface area is 161 Å². The van der Waals surface area contributed by atoms with Crippen molar-refractivity contribution in [3.8, 4) is 12.0 Å². The van der Waals surface area contributed by atoms with E-state index in [-0.39, 0.29) is 0 Å². The molecule has 0 spiro atoms. The minimum Gasteiger partial charge on any atom is -0.306 e. The Morgan fingerprint density at radius 3 is 2.68 bits per heavy atom. The molecule has 2 aromatic heterocycles. The number of sulfonamides is 1. The van der Waals surface area contributed by atoms with Crippen molar-refractivity contribution in [1.29, 1.82) is 5.26 Å². The number of nitrogens with zero attached hydrogens (tertiary/aromatic N) is 5. The number of rotatable bonds is 4. The number of fused-ring (bicyclic) bond motifs is 2. The quantitative estimate of drug-likeness (QED) is 0.575. The van der Waals surface area contributed by atoms with Gasteiger partial charge in [0.15, 0.2) is 0 Å². The molecular formula is C19H16N6O2S. The molecular weight excluding hydrogens is 376 g/mol. The Bertz CT molecular complexity index is 1390. The molecule has 8 nitrogen and oxygen atoms in total. The first kappa shape index (κ1) is 16.8. The zero-order valence-corrected chi connectivity index (χ0v) is 15.8. The fourth-order valence-corrected chi connectivity index (χ4v) is 4.02. The molecule has 1 aliphatic carbocycles. The number of nitrogens with one attached hydrogen (secondary N) is 1. The molecule has 28 heavy (non-hydrogen) atoms. The topological polar surface area (TPSA) is 106 Å². The van der Waals surface area contributed by atoms with Crippen LogP contribution in [0.25, 0.3) is 28.0 Å². The Kier molecular flexibility index (Phi) is 3.48. The molecule has 1 aliphatic rings. The lowest BCUT2D eigenvalue weighted by Gasteiger charge is -2.09. The van der Waals surface area contributed by atoms with E-state index < -0.39 is 10.0 Å². The van der Waals surface area contributed by atoms with Gasteiger partial charge in [0.2, 0.25) is 16.0 Å². The molecule has 0 radical (unpaired) electrons. The third kappa shape index (κ3) is 2.78. The van der Waals surface area contributed by atoms with Crippen LogP contribution in [0.5, 0.6) is 0 Å². The van der Waals surface area contributed by atoms with E-state index in [9.17, 15) is 13.7 Å². The summed E-state index contributed by atoms with van der Waals surface area (Å²) in [5, 5.41) is 9.24. The maximum Gasteiger partial charge on any atom is 0.229 e. The van der Waals surface area contributed by atoms with Gasteiger partial charge in [0.25, 0.3) is 0 Å². The predicted molar refractivity (Wildman–Crippen MR) is 106 cm³/mol. The Hall–Kier alpha value is -3.38. The van der Waals surface area contributed by atoms with Crippen LogP contribution < -0.4 is 4.72 Å². The first-order valence-corrected chi connectivity index (χ1v) is 10.7. The smallest absolute Gasteiger partial charge is 0.229 e. The van der Waals surface area contributed by atoms with Crippen LogP contribution in [0.3, 0.4) is 0 Å². The molecule has 1 saturated carbocycles. The van der Waals surface area contributed by atoms with Gasteiger partial charge in [-0.3, -0.25) is 9.29 Å². The zero-order valence-electron chi connectivity index (χ0n) is 15.0. The van der Waals surface area contributed by atoms with Gasteiger partial charge in [0.05, 0.1) is 45.6 Å². The minimum atomic E-state index is -3.35. The van der Waals surface area contributed by atoms with E-state index in [1.165, 1.54) is 0 Å². The minimum absolute atomic E-state index is 0.359. The summed E-state index contributed by atoms with van der Waals surface area (Å²) in [5.74, 6) is 0.749. The number of imidazole rings is 2. The van der Waals surface area contributed by atoms with E-state index in [1.807, 2.05) is 22.8 Å². The summed E-state index contributed by atoms with van der Waals surface area (Å²) < 4.78 is 29.5. The second-order valence-electron chi connectivity index (χ2n) is 7.02. The van der Waals surface area contributed by atoms with Crippen LogP contribution in [-0.4, -0.2) is 33.8 Å². The average Bonchev–Trinajstić information content (AvgIpc) is 3.29. The number of aromatic nitrogens is 4. The fourth-order valence-electron chi connectivity index (χ4n) is 3.46. The highest BCUT2D eigenvalue weighted by Crippen LogP contribution is 2.40. The van der Waals surface area contributed by atoms with Crippen molar-refractivity contribution in [2.45, 2.75) is 18.9 Å². The summed E-state index contributed by atoms with van der Waals surface area (Å²) in [6.45, 7) is 0. The van der Waals surface area contributed by atoms with Gasteiger partial charge in [-0.25, -0.2) is 18.4 Å². The van der Waals surface area contributed by atoms with Crippen molar-refractivity contribution in [1.82, 2.24) is 19.1 Å². The summed E-state index contributed by atoms with van der Waals surface area (Å²) in [5.41, 5.74) is 4.34. The van der Waals surface area contributed by atoms with Gasteiger partial charge in [0.1, 0.15) is 6.33 Å². The summed E-state index contributed by atoms with van der Waals surface area (Å²) in [7, 11) is -3.35. The number of hydrogen-bond acceptors (Lipinski definition) is 5. The molecule has 4 aromatic rings. The standard InChI is InChI=1S/C19H16N6O2S/c1-28(26,27)23-13-3-7-17-16(9-13)21-11-24(17)19-22-15-6-2-12(10-20)8-18(15)25(19)14-4-5-14/h2-3,6-9,11,14,23H,4-5H2,1H3. The molecule has 0 atom stereocenters. The summed E-state index contributed by atoms with van der Waals surface area (Å²) >= 11 is 0. The molecule has 1 N–H and O–H groups in total.